The van der Waals surface area contributed by atoms with E-state index in [0.717, 1.165) is 27.9 Å². The van der Waals surface area contributed by atoms with Crippen molar-refractivity contribution in [3.63, 3.8) is 0 Å². The lowest BCUT2D eigenvalue weighted by Gasteiger charge is -2.10. The van der Waals surface area contributed by atoms with Crippen LogP contribution in [0.1, 0.15) is 34.4 Å². The summed E-state index contributed by atoms with van der Waals surface area (Å²) in [4.78, 5) is 12.2. The molecular formula is C15H16BrNO2. The molecule has 0 fully saturated rings. The second kappa shape index (κ2) is 5.61. The zero-order valence-corrected chi connectivity index (χ0v) is 12.8. The molecule has 100 valence electrons. The topological polar surface area (TPSA) is 42.2 Å². The molecule has 1 amide bonds. The largest absolute Gasteiger partial charge is 0.466 e. The number of anilines is 1. The number of benzene rings is 1. The first-order valence-corrected chi connectivity index (χ1v) is 6.97. The highest BCUT2D eigenvalue weighted by Crippen LogP contribution is 2.23. The van der Waals surface area contributed by atoms with E-state index in [2.05, 4.69) is 28.2 Å². The van der Waals surface area contributed by atoms with Gasteiger partial charge in [-0.25, -0.2) is 0 Å². The highest BCUT2D eigenvalue weighted by molar-refractivity contribution is 9.10. The molecule has 1 aromatic heterocycles. The fraction of sp³-hybridized carbons (Fsp3) is 0.267. The van der Waals surface area contributed by atoms with E-state index in [1.807, 2.05) is 25.1 Å². The van der Waals surface area contributed by atoms with Crippen molar-refractivity contribution in [2.45, 2.75) is 27.2 Å². The van der Waals surface area contributed by atoms with Gasteiger partial charge in [-0.3, -0.25) is 4.79 Å². The van der Waals surface area contributed by atoms with Gasteiger partial charge in [-0.2, -0.15) is 0 Å². The third-order valence-corrected chi connectivity index (χ3v) is 3.48. The first-order valence-electron chi connectivity index (χ1n) is 6.18. The van der Waals surface area contributed by atoms with Crippen molar-refractivity contribution in [2.75, 3.05) is 5.32 Å². The number of rotatable bonds is 3. The second-order valence-corrected chi connectivity index (χ2v) is 5.35. The molecule has 1 heterocycles. The van der Waals surface area contributed by atoms with Crippen molar-refractivity contribution in [2.24, 2.45) is 0 Å². The van der Waals surface area contributed by atoms with Gasteiger partial charge in [-0.1, -0.05) is 22.9 Å². The molecule has 1 aromatic carbocycles. The highest BCUT2D eigenvalue weighted by atomic mass is 79.9. The summed E-state index contributed by atoms with van der Waals surface area (Å²) in [5.74, 6) is 1.26. The van der Waals surface area contributed by atoms with Crippen molar-refractivity contribution in [3.05, 3.63) is 51.4 Å². The standard InChI is InChI=1S/C15H16BrNO2/c1-4-11-8-12(16)5-6-14(11)17-15(18)13-7-9(2)19-10(13)3/h5-8H,4H2,1-3H3,(H,17,18). The van der Waals surface area contributed by atoms with Crippen molar-refractivity contribution in [1.29, 1.82) is 0 Å². The Bertz CT molecular complexity index is 617. The minimum atomic E-state index is -0.133. The molecule has 2 rings (SSSR count). The van der Waals surface area contributed by atoms with E-state index in [1.54, 1.807) is 13.0 Å². The molecule has 4 heteroatoms. The van der Waals surface area contributed by atoms with Crippen LogP contribution in [-0.2, 0) is 6.42 Å². The van der Waals surface area contributed by atoms with Gasteiger partial charge in [0.1, 0.15) is 11.5 Å². The van der Waals surface area contributed by atoms with Gasteiger partial charge in [0.2, 0.25) is 0 Å². The number of furan rings is 1. The molecule has 0 radical (unpaired) electrons. The predicted octanol–water partition coefficient (Wildman–Crippen LogP) is 4.47. The molecular weight excluding hydrogens is 306 g/mol. The Labute approximate surface area is 121 Å². The second-order valence-electron chi connectivity index (χ2n) is 4.44. The summed E-state index contributed by atoms with van der Waals surface area (Å²) in [6.07, 6.45) is 0.860. The number of halogens is 1. The molecule has 3 nitrogen and oxygen atoms in total. The van der Waals surface area contributed by atoms with E-state index < -0.39 is 0 Å². The summed E-state index contributed by atoms with van der Waals surface area (Å²) >= 11 is 3.44. The number of hydrogen-bond donors (Lipinski definition) is 1. The van der Waals surface area contributed by atoms with Crippen LogP contribution in [0.3, 0.4) is 0 Å². The van der Waals surface area contributed by atoms with E-state index in [4.69, 9.17) is 4.42 Å². The van der Waals surface area contributed by atoms with Gasteiger partial charge < -0.3 is 9.73 Å². The van der Waals surface area contributed by atoms with Crippen LogP contribution in [0.4, 0.5) is 5.69 Å². The third kappa shape index (κ3) is 3.07. The molecule has 0 saturated carbocycles. The Hall–Kier alpha value is -1.55. The average molecular weight is 322 g/mol. The van der Waals surface area contributed by atoms with E-state index >= 15 is 0 Å². The third-order valence-electron chi connectivity index (χ3n) is 2.98. The van der Waals surface area contributed by atoms with Gasteiger partial charge in [-0.05, 0) is 50.1 Å². The van der Waals surface area contributed by atoms with Crippen LogP contribution in [0.15, 0.2) is 33.2 Å². The summed E-state index contributed by atoms with van der Waals surface area (Å²) in [7, 11) is 0. The Morgan fingerprint density at radius 1 is 1.32 bits per heavy atom. The molecule has 0 unspecified atom stereocenters. The van der Waals surface area contributed by atoms with Crippen LogP contribution in [0.25, 0.3) is 0 Å². The molecule has 0 atom stereocenters. The van der Waals surface area contributed by atoms with Gasteiger partial charge in [0.05, 0.1) is 5.56 Å². The van der Waals surface area contributed by atoms with Gasteiger partial charge in [0, 0.05) is 10.2 Å². The predicted molar refractivity (Wildman–Crippen MR) is 79.7 cm³/mol. The van der Waals surface area contributed by atoms with Gasteiger partial charge in [-0.15, -0.1) is 0 Å². The molecule has 2 aromatic rings. The number of nitrogens with one attached hydrogen (secondary N) is 1. The Kier molecular flexibility index (Phi) is 4.10. The Morgan fingerprint density at radius 3 is 2.63 bits per heavy atom. The zero-order valence-electron chi connectivity index (χ0n) is 11.2. The minimum Gasteiger partial charge on any atom is -0.466 e. The number of amides is 1. The van der Waals surface area contributed by atoms with E-state index in [-0.39, 0.29) is 5.91 Å². The van der Waals surface area contributed by atoms with Crippen molar-refractivity contribution in [1.82, 2.24) is 0 Å². The zero-order chi connectivity index (χ0) is 14.0. The van der Waals surface area contributed by atoms with Gasteiger partial charge >= 0.3 is 0 Å². The summed E-state index contributed by atoms with van der Waals surface area (Å²) in [6, 6.07) is 7.60. The van der Waals surface area contributed by atoms with E-state index in [1.165, 1.54) is 0 Å². The van der Waals surface area contributed by atoms with E-state index in [9.17, 15) is 4.79 Å². The van der Waals surface area contributed by atoms with Crippen LogP contribution in [0.2, 0.25) is 0 Å². The van der Waals surface area contributed by atoms with Crippen LogP contribution in [0, 0.1) is 13.8 Å². The molecule has 0 bridgehead atoms. The maximum atomic E-state index is 12.2. The smallest absolute Gasteiger partial charge is 0.259 e. The molecule has 0 spiro atoms. The normalized spacial score (nSPS) is 10.5. The van der Waals surface area contributed by atoms with E-state index in [0.29, 0.717) is 11.3 Å². The lowest BCUT2D eigenvalue weighted by molar-refractivity contribution is 0.102. The van der Waals surface area contributed by atoms with Crippen LogP contribution in [-0.4, -0.2) is 5.91 Å². The van der Waals surface area contributed by atoms with Gasteiger partial charge in [0.25, 0.3) is 5.91 Å². The monoisotopic (exact) mass is 321 g/mol. The average Bonchev–Trinajstić information content (AvgIpc) is 2.70. The van der Waals surface area contributed by atoms with Crippen LogP contribution in [0.5, 0.6) is 0 Å². The quantitative estimate of drug-likeness (QED) is 0.906. The van der Waals surface area contributed by atoms with Crippen LogP contribution < -0.4 is 5.32 Å². The highest BCUT2D eigenvalue weighted by Gasteiger charge is 2.14. The minimum absolute atomic E-state index is 0.133. The summed E-state index contributed by atoms with van der Waals surface area (Å²) < 4.78 is 6.39. The fourth-order valence-electron chi connectivity index (χ4n) is 2.02. The van der Waals surface area contributed by atoms with Crippen molar-refractivity contribution >= 4 is 27.5 Å². The fourth-order valence-corrected chi connectivity index (χ4v) is 2.43. The number of carbonyl (C=O) groups excluding carboxylic acids is 1. The summed E-state index contributed by atoms with van der Waals surface area (Å²) in [6.45, 7) is 5.69. The number of carbonyl (C=O) groups is 1. The molecule has 0 aliphatic heterocycles. The SMILES string of the molecule is CCc1cc(Br)ccc1NC(=O)c1cc(C)oc1C. The van der Waals surface area contributed by atoms with Gasteiger partial charge in [0.15, 0.2) is 0 Å². The molecule has 0 saturated heterocycles. The Morgan fingerprint density at radius 2 is 2.05 bits per heavy atom. The lowest BCUT2D eigenvalue weighted by Crippen LogP contribution is -2.13. The lowest BCUT2D eigenvalue weighted by atomic mass is 10.1. The van der Waals surface area contributed by atoms with Crippen LogP contribution >= 0.6 is 15.9 Å². The maximum Gasteiger partial charge on any atom is 0.259 e. The van der Waals surface area contributed by atoms with Crippen molar-refractivity contribution < 1.29 is 9.21 Å². The molecule has 19 heavy (non-hydrogen) atoms. The summed E-state index contributed by atoms with van der Waals surface area (Å²) in [5.41, 5.74) is 2.53. The Balaban J connectivity index is 2.26. The first-order chi connectivity index (χ1) is 9.01. The molecule has 0 aliphatic rings. The number of hydrogen-bond acceptors (Lipinski definition) is 2. The molecule has 1 N–H and O–H groups in total. The summed E-state index contributed by atoms with van der Waals surface area (Å²) in [5, 5.41) is 2.94. The maximum absolute atomic E-state index is 12.2. The number of aryl methyl sites for hydroxylation is 3. The van der Waals surface area contributed by atoms with Crippen molar-refractivity contribution in [3.8, 4) is 0 Å². The first kappa shape index (κ1) is 13.9. The molecule has 0 aliphatic carbocycles.